The van der Waals surface area contributed by atoms with E-state index in [1.54, 1.807) is 12.1 Å². The molecular weight excluding hydrogens is 245 g/mol. The first kappa shape index (κ1) is 13.3. The molecule has 1 N–H and O–H groups in total. The number of benzene rings is 1. The van der Waals surface area contributed by atoms with Crippen molar-refractivity contribution in [1.82, 2.24) is 5.32 Å². The minimum Gasteiger partial charge on any atom is -0.352 e. The molecule has 0 bridgehead atoms. The maximum Gasteiger partial charge on any atom is 0.251 e. The van der Waals surface area contributed by atoms with Crippen molar-refractivity contribution in [2.24, 2.45) is 0 Å². The molecule has 0 unspecified atom stereocenters. The van der Waals surface area contributed by atoms with Gasteiger partial charge in [0.05, 0.1) is 0 Å². The first-order valence-electron chi connectivity index (χ1n) is 5.25. The Balaban J connectivity index is 2.55. The van der Waals surface area contributed by atoms with Crippen LogP contribution in [-0.4, -0.2) is 18.3 Å². The van der Waals surface area contributed by atoms with Gasteiger partial charge in [0.15, 0.2) is 0 Å². The lowest BCUT2D eigenvalue weighted by atomic mass is 10.1. The SMILES string of the molecule is Cc1ccc(Cl)cc1C(=O)NCCCCCl. The Morgan fingerprint density at radius 1 is 1.38 bits per heavy atom. The summed E-state index contributed by atoms with van der Waals surface area (Å²) in [5.41, 5.74) is 1.57. The summed E-state index contributed by atoms with van der Waals surface area (Å²) < 4.78 is 0. The van der Waals surface area contributed by atoms with Crippen LogP contribution < -0.4 is 5.32 Å². The summed E-state index contributed by atoms with van der Waals surface area (Å²) in [6.07, 6.45) is 1.81. The third-order valence-corrected chi connectivity index (χ3v) is 2.79. The lowest BCUT2D eigenvalue weighted by Crippen LogP contribution is -2.25. The number of hydrogen-bond acceptors (Lipinski definition) is 1. The highest BCUT2D eigenvalue weighted by Gasteiger charge is 2.08. The smallest absolute Gasteiger partial charge is 0.251 e. The Morgan fingerprint density at radius 3 is 2.81 bits per heavy atom. The number of nitrogens with one attached hydrogen (secondary N) is 1. The van der Waals surface area contributed by atoms with Crippen LogP contribution in [0.3, 0.4) is 0 Å². The molecule has 4 heteroatoms. The van der Waals surface area contributed by atoms with Gasteiger partial charge in [-0.1, -0.05) is 17.7 Å². The standard InChI is InChI=1S/C12H15Cl2NO/c1-9-4-5-10(14)8-11(9)12(16)15-7-3-2-6-13/h4-5,8H,2-3,6-7H2,1H3,(H,15,16). The van der Waals surface area contributed by atoms with E-state index < -0.39 is 0 Å². The molecule has 0 aliphatic rings. The number of hydrogen-bond donors (Lipinski definition) is 1. The van der Waals surface area contributed by atoms with Crippen LogP contribution in [0.25, 0.3) is 0 Å². The maximum atomic E-state index is 11.8. The van der Waals surface area contributed by atoms with Crippen molar-refractivity contribution in [2.45, 2.75) is 19.8 Å². The molecule has 2 nitrogen and oxygen atoms in total. The topological polar surface area (TPSA) is 29.1 Å². The number of aryl methyl sites for hydroxylation is 1. The van der Waals surface area contributed by atoms with Crippen LogP contribution in [0.5, 0.6) is 0 Å². The Bertz CT molecular complexity index is 366. The molecule has 0 radical (unpaired) electrons. The van der Waals surface area contributed by atoms with E-state index in [-0.39, 0.29) is 5.91 Å². The Labute approximate surface area is 106 Å². The van der Waals surface area contributed by atoms with Crippen molar-refractivity contribution in [3.63, 3.8) is 0 Å². The molecule has 0 heterocycles. The molecule has 88 valence electrons. The van der Waals surface area contributed by atoms with Crippen molar-refractivity contribution in [3.8, 4) is 0 Å². The van der Waals surface area contributed by atoms with Gasteiger partial charge in [-0.15, -0.1) is 11.6 Å². The largest absolute Gasteiger partial charge is 0.352 e. The first-order valence-corrected chi connectivity index (χ1v) is 6.16. The maximum absolute atomic E-state index is 11.8. The van der Waals surface area contributed by atoms with Crippen LogP contribution in [0, 0.1) is 6.92 Å². The van der Waals surface area contributed by atoms with Gasteiger partial charge >= 0.3 is 0 Å². The van der Waals surface area contributed by atoms with E-state index in [9.17, 15) is 4.79 Å². The first-order chi connectivity index (χ1) is 7.65. The summed E-state index contributed by atoms with van der Waals surface area (Å²) in [6.45, 7) is 2.54. The zero-order valence-electron chi connectivity index (χ0n) is 9.22. The molecule has 0 aliphatic heterocycles. The van der Waals surface area contributed by atoms with E-state index in [1.807, 2.05) is 13.0 Å². The lowest BCUT2D eigenvalue weighted by molar-refractivity contribution is 0.0952. The van der Waals surface area contributed by atoms with Crippen LogP contribution in [0.15, 0.2) is 18.2 Å². The zero-order valence-corrected chi connectivity index (χ0v) is 10.7. The zero-order chi connectivity index (χ0) is 12.0. The molecule has 1 rings (SSSR count). The Morgan fingerprint density at radius 2 is 2.12 bits per heavy atom. The van der Waals surface area contributed by atoms with E-state index in [4.69, 9.17) is 23.2 Å². The molecule has 1 aromatic carbocycles. The van der Waals surface area contributed by atoms with Gasteiger partial charge in [-0.05, 0) is 37.5 Å². The second-order valence-corrected chi connectivity index (χ2v) is 4.43. The Hall–Kier alpha value is -0.730. The van der Waals surface area contributed by atoms with E-state index in [1.165, 1.54) is 0 Å². The monoisotopic (exact) mass is 259 g/mol. The summed E-state index contributed by atoms with van der Waals surface area (Å²) in [5, 5.41) is 3.43. The van der Waals surface area contributed by atoms with Crippen molar-refractivity contribution >= 4 is 29.1 Å². The second-order valence-electron chi connectivity index (χ2n) is 3.61. The molecule has 1 amide bonds. The highest BCUT2D eigenvalue weighted by Crippen LogP contribution is 2.15. The van der Waals surface area contributed by atoms with Crippen molar-refractivity contribution in [2.75, 3.05) is 12.4 Å². The van der Waals surface area contributed by atoms with Gasteiger partial charge in [0.25, 0.3) is 5.91 Å². The van der Waals surface area contributed by atoms with Gasteiger partial charge < -0.3 is 5.32 Å². The van der Waals surface area contributed by atoms with Gasteiger partial charge in [0.1, 0.15) is 0 Å². The van der Waals surface area contributed by atoms with Crippen LogP contribution in [0.2, 0.25) is 5.02 Å². The number of carbonyl (C=O) groups excluding carboxylic acids is 1. The molecule has 16 heavy (non-hydrogen) atoms. The fraction of sp³-hybridized carbons (Fsp3) is 0.417. The summed E-state index contributed by atoms with van der Waals surface area (Å²) in [4.78, 5) is 11.8. The van der Waals surface area contributed by atoms with Crippen LogP contribution >= 0.6 is 23.2 Å². The van der Waals surface area contributed by atoms with Gasteiger partial charge in [-0.25, -0.2) is 0 Å². The molecule has 0 spiro atoms. The second kappa shape index (κ2) is 6.77. The predicted molar refractivity (Wildman–Crippen MR) is 68.5 cm³/mol. The van der Waals surface area contributed by atoms with E-state index in [0.29, 0.717) is 23.0 Å². The number of amides is 1. The molecular formula is C12H15Cl2NO. The van der Waals surface area contributed by atoms with Gasteiger partial charge in [0, 0.05) is 23.0 Å². The summed E-state index contributed by atoms with van der Waals surface area (Å²) >= 11 is 11.4. The third-order valence-electron chi connectivity index (χ3n) is 2.29. The molecule has 0 aliphatic carbocycles. The number of carbonyl (C=O) groups is 1. The van der Waals surface area contributed by atoms with E-state index in [0.717, 1.165) is 18.4 Å². The minimum absolute atomic E-state index is 0.0745. The summed E-state index contributed by atoms with van der Waals surface area (Å²) in [6, 6.07) is 5.31. The average molecular weight is 260 g/mol. The Kier molecular flexibility index (Phi) is 5.64. The van der Waals surface area contributed by atoms with Gasteiger partial charge in [-0.3, -0.25) is 4.79 Å². The number of rotatable bonds is 5. The number of halogens is 2. The quantitative estimate of drug-likeness (QED) is 0.638. The predicted octanol–water partition coefficient (Wildman–Crippen LogP) is 3.40. The summed E-state index contributed by atoms with van der Waals surface area (Å²) in [7, 11) is 0. The fourth-order valence-electron chi connectivity index (χ4n) is 1.36. The van der Waals surface area contributed by atoms with Crippen molar-refractivity contribution in [3.05, 3.63) is 34.3 Å². The minimum atomic E-state index is -0.0745. The highest BCUT2D eigenvalue weighted by atomic mass is 35.5. The molecule has 0 fully saturated rings. The van der Waals surface area contributed by atoms with E-state index >= 15 is 0 Å². The normalized spacial score (nSPS) is 10.2. The van der Waals surface area contributed by atoms with Crippen LogP contribution in [0.1, 0.15) is 28.8 Å². The molecule has 0 atom stereocenters. The molecule has 0 saturated heterocycles. The highest BCUT2D eigenvalue weighted by molar-refractivity contribution is 6.31. The summed E-state index contributed by atoms with van der Waals surface area (Å²) in [5.74, 6) is 0.557. The van der Waals surface area contributed by atoms with Crippen molar-refractivity contribution in [1.29, 1.82) is 0 Å². The molecule has 1 aromatic rings. The van der Waals surface area contributed by atoms with Gasteiger partial charge in [0.2, 0.25) is 0 Å². The van der Waals surface area contributed by atoms with Crippen LogP contribution in [0.4, 0.5) is 0 Å². The number of unbranched alkanes of at least 4 members (excludes halogenated alkanes) is 1. The third kappa shape index (κ3) is 4.03. The molecule has 0 saturated carbocycles. The van der Waals surface area contributed by atoms with Gasteiger partial charge in [-0.2, -0.15) is 0 Å². The fourth-order valence-corrected chi connectivity index (χ4v) is 1.72. The van der Waals surface area contributed by atoms with Crippen molar-refractivity contribution < 1.29 is 4.79 Å². The molecule has 0 aromatic heterocycles. The number of alkyl halides is 1. The lowest BCUT2D eigenvalue weighted by Gasteiger charge is -2.07. The van der Waals surface area contributed by atoms with Crippen LogP contribution in [-0.2, 0) is 0 Å². The average Bonchev–Trinajstić information content (AvgIpc) is 2.27. The van der Waals surface area contributed by atoms with E-state index in [2.05, 4.69) is 5.32 Å².